The van der Waals surface area contributed by atoms with Crippen LogP contribution in [0, 0.1) is 0 Å². The molecule has 0 atom stereocenters. The van der Waals surface area contributed by atoms with Crippen molar-refractivity contribution >= 4 is 26.6 Å². The average molecular weight is 298 g/mol. The summed E-state index contributed by atoms with van der Waals surface area (Å²) in [5, 5.41) is 1.47. The number of anilines is 1. The lowest BCUT2D eigenvalue weighted by molar-refractivity contribution is 0.751. The van der Waals surface area contributed by atoms with Gasteiger partial charge in [-0.1, -0.05) is 35.6 Å². The minimum atomic E-state index is -0.148. The topological polar surface area (TPSA) is 33.2 Å². The smallest absolute Gasteiger partial charge is 0.281 e. The first-order valence-electron chi connectivity index (χ1n) is 7.22. The second-order valence-corrected chi connectivity index (χ2v) is 6.38. The van der Waals surface area contributed by atoms with E-state index in [4.69, 9.17) is 0 Å². The van der Waals surface area contributed by atoms with Crippen molar-refractivity contribution in [2.24, 2.45) is 0 Å². The largest absolute Gasteiger partial charge is 0.316 e. The molecular weight excluding hydrogens is 280 g/mol. The fraction of sp³-hybridized carbons (Fsp3) is 0.294. The zero-order valence-corrected chi connectivity index (χ0v) is 13.1. The van der Waals surface area contributed by atoms with Crippen LogP contribution in [0.3, 0.4) is 0 Å². The van der Waals surface area contributed by atoms with Crippen molar-refractivity contribution in [1.29, 1.82) is 0 Å². The van der Waals surface area contributed by atoms with E-state index in [1.807, 2.05) is 24.3 Å². The summed E-state index contributed by atoms with van der Waals surface area (Å²) < 4.78 is 0.985. The molecule has 1 aliphatic carbocycles. The highest BCUT2D eigenvalue weighted by Crippen LogP contribution is 2.29. The molecule has 3 nitrogen and oxygen atoms in total. The Bertz CT molecular complexity index is 774. The zero-order valence-electron chi connectivity index (χ0n) is 12.2. The number of benzene rings is 1. The first-order chi connectivity index (χ1) is 10.2. The molecule has 0 spiro atoms. The van der Waals surface area contributed by atoms with Gasteiger partial charge in [0, 0.05) is 16.4 Å². The summed E-state index contributed by atoms with van der Waals surface area (Å²) in [5.41, 5.74) is 0.986. The number of hydrogen-bond donors (Lipinski definition) is 0. The summed E-state index contributed by atoms with van der Waals surface area (Å²) in [6.07, 6.45) is 8.63. The number of allylic oxidation sites excluding steroid dienone is 3. The van der Waals surface area contributed by atoms with Gasteiger partial charge in [0.05, 0.1) is 5.39 Å². The first-order valence-corrected chi connectivity index (χ1v) is 8.04. The van der Waals surface area contributed by atoms with Gasteiger partial charge < -0.3 is 4.90 Å². The Labute approximate surface area is 128 Å². The Morgan fingerprint density at radius 1 is 1.24 bits per heavy atom. The van der Waals surface area contributed by atoms with Gasteiger partial charge in [0.25, 0.3) is 5.56 Å². The fourth-order valence-electron chi connectivity index (χ4n) is 2.51. The van der Waals surface area contributed by atoms with Gasteiger partial charge in [0.15, 0.2) is 5.13 Å². The van der Waals surface area contributed by atoms with Crippen LogP contribution in [0.4, 0.5) is 5.13 Å². The summed E-state index contributed by atoms with van der Waals surface area (Å²) >= 11 is 1.57. The van der Waals surface area contributed by atoms with E-state index in [1.54, 1.807) is 11.3 Å². The normalized spacial score (nSPS) is 14.5. The summed E-state index contributed by atoms with van der Waals surface area (Å²) in [7, 11) is 0. The number of nitrogens with zero attached hydrogens (tertiary/aromatic N) is 2. The molecule has 0 radical (unpaired) electrons. The van der Waals surface area contributed by atoms with Crippen LogP contribution >= 0.6 is 11.3 Å². The molecule has 2 aromatic rings. The number of hydrogen-bond acceptors (Lipinski definition) is 4. The molecule has 0 saturated heterocycles. The maximum Gasteiger partial charge on any atom is 0.281 e. The van der Waals surface area contributed by atoms with Crippen LogP contribution in [0.25, 0.3) is 10.1 Å². The molecule has 1 aliphatic rings. The van der Waals surface area contributed by atoms with Crippen molar-refractivity contribution < 1.29 is 0 Å². The average Bonchev–Trinajstić information content (AvgIpc) is 2.48. The minimum absolute atomic E-state index is 0.148. The molecule has 1 heterocycles. The number of fused-ring (bicyclic) bond motifs is 1. The lowest BCUT2D eigenvalue weighted by Crippen LogP contribution is -2.31. The highest BCUT2D eigenvalue weighted by Gasteiger charge is 2.18. The quantitative estimate of drug-likeness (QED) is 0.855. The van der Waals surface area contributed by atoms with Crippen molar-refractivity contribution in [2.75, 3.05) is 4.90 Å². The van der Waals surface area contributed by atoms with Gasteiger partial charge in [-0.15, -0.1) is 0 Å². The van der Waals surface area contributed by atoms with Crippen molar-refractivity contribution in [2.45, 2.75) is 32.7 Å². The summed E-state index contributed by atoms with van der Waals surface area (Å²) in [5.74, 6) is 0. The maximum absolute atomic E-state index is 12.2. The van der Waals surface area contributed by atoms with Gasteiger partial charge in [0.2, 0.25) is 0 Å². The lowest BCUT2D eigenvalue weighted by atomic mass is 10.1. The Hall–Kier alpha value is -1.94. The molecule has 0 N–H and O–H groups in total. The third-order valence-corrected chi connectivity index (χ3v) is 4.54. The van der Waals surface area contributed by atoms with Crippen molar-refractivity contribution in [3.63, 3.8) is 0 Å². The van der Waals surface area contributed by atoms with Crippen molar-refractivity contribution in [3.05, 3.63) is 58.5 Å². The van der Waals surface area contributed by atoms with E-state index < -0.39 is 0 Å². The van der Waals surface area contributed by atoms with Gasteiger partial charge in [-0.3, -0.25) is 4.79 Å². The highest BCUT2D eigenvalue weighted by molar-refractivity contribution is 7.21. The van der Waals surface area contributed by atoms with Gasteiger partial charge in [-0.25, -0.2) is 0 Å². The third-order valence-electron chi connectivity index (χ3n) is 3.49. The van der Waals surface area contributed by atoms with Crippen LogP contribution in [0.15, 0.2) is 53.0 Å². The highest BCUT2D eigenvalue weighted by atomic mass is 32.1. The van der Waals surface area contributed by atoms with E-state index in [1.165, 1.54) is 0 Å². The van der Waals surface area contributed by atoms with Gasteiger partial charge in [-0.2, -0.15) is 4.98 Å². The van der Waals surface area contributed by atoms with Gasteiger partial charge in [-0.05, 0) is 44.9 Å². The molecule has 108 valence electrons. The van der Waals surface area contributed by atoms with Crippen LogP contribution in [0.1, 0.15) is 26.7 Å². The molecule has 1 aromatic heterocycles. The maximum atomic E-state index is 12.2. The lowest BCUT2D eigenvalue weighted by Gasteiger charge is -2.29. The molecule has 0 aliphatic heterocycles. The molecule has 3 rings (SSSR count). The second-order valence-electron chi connectivity index (χ2n) is 5.37. The predicted molar refractivity (Wildman–Crippen MR) is 90.0 cm³/mol. The Morgan fingerprint density at radius 3 is 2.76 bits per heavy atom. The fourth-order valence-corrected chi connectivity index (χ4v) is 3.66. The molecule has 0 fully saturated rings. The Kier molecular flexibility index (Phi) is 3.88. The van der Waals surface area contributed by atoms with E-state index in [9.17, 15) is 4.79 Å². The van der Waals surface area contributed by atoms with Crippen LogP contribution in [0.5, 0.6) is 0 Å². The molecule has 1 aromatic carbocycles. The van der Waals surface area contributed by atoms with Crippen LogP contribution in [-0.4, -0.2) is 11.0 Å². The summed E-state index contributed by atoms with van der Waals surface area (Å²) in [6.45, 7) is 4.24. The van der Waals surface area contributed by atoms with Crippen molar-refractivity contribution in [3.8, 4) is 0 Å². The number of aromatic nitrogens is 1. The molecule has 0 unspecified atom stereocenters. The van der Waals surface area contributed by atoms with Gasteiger partial charge in [0.1, 0.15) is 0 Å². The Morgan fingerprint density at radius 2 is 2.05 bits per heavy atom. The molecule has 21 heavy (non-hydrogen) atoms. The summed E-state index contributed by atoms with van der Waals surface area (Å²) in [6, 6.07) is 7.91. The van der Waals surface area contributed by atoms with Crippen LogP contribution in [0.2, 0.25) is 0 Å². The molecule has 0 bridgehead atoms. The SMILES string of the molecule is CC(C)N(C1=CCCC=C1)c1nc(=O)c2ccccc2s1. The van der Waals surface area contributed by atoms with Crippen LogP contribution in [-0.2, 0) is 0 Å². The monoisotopic (exact) mass is 298 g/mol. The van der Waals surface area contributed by atoms with E-state index >= 15 is 0 Å². The molecule has 0 amide bonds. The molecular formula is C17H18N2OS. The zero-order chi connectivity index (χ0) is 14.8. The molecule has 4 heteroatoms. The Balaban J connectivity index is 2.14. The van der Waals surface area contributed by atoms with E-state index in [0.29, 0.717) is 5.39 Å². The van der Waals surface area contributed by atoms with Crippen molar-refractivity contribution in [1.82, 2.24) is 4.98 Å². The third kappa shape index (κ3) is 2.76. The minimum Gasteiger partial charge on any atom is -0.316 e. The summed E-state index contributed by atoms with van der Waals surface area (Å²) in [4.78, 5) is 18.7. The second kappa shape index (κ2) is 5.82. The van der Waals surface area contributed by atoms with E-state index in [0.717, 1.165) is 28.4 Å². The van der Waals surface area contributed by atoms with Crippen LogP contribution < -0.4 is 10.5 Å². The number of rotatable bonds is 3. The van der Waals surface area contributed by atoms with E-state index in [-0.39, 0.29) is 11.6 Å². The first kappa shape index (κ1) is 14.0. The standard InChI is InChI=1S/C17H18N2OS/c1-12(2)19(13-8-4-3-5-9-13)17-18-16(20)14-10-6-7-11-15(14)21-17/h4,6-12H,3,5H2,1-2H3. The molecule has 0 saturated carbocycles. The van der Waals surface area contributed by atoms with E-state index in [2.05, 4.69) is 42.0 Å². The van der Waals surface area contributed by atoms with Gasteiger partial charge >= 0.3 is 0 Å². The predicted octanol–water partition coefficient (Wildman–Crippen LogP) is 4.11.